The normalized spacial score (nSPS) is 23.6. The number of halogens is 12. The number of allylic oxidation sites excluding steroid dienone is 4. The molecule has 0 bridgehead atoms. The molecule has 0 amide bonds. The Morgan fingerprint density at radius 1 is 0.553 bits per heavy atom. The fourth-order valence-electron chi connectivity index (χ4n) is 2.91. The van der Waals surface area contributed by atoms with Crippen molar-refractivity contribution >= 4 is 11.9 Å². The molecule has 0 aromatic rings. The monoisotopic (exact) mass is 578 g/mol. The molecular formula is C20H14F12O6. The summed E-state index contributed by atoms with van der Waals surface area (Å²) in [6, 6.07) is 0. The minimum Gasteiger partial charge on any atom is -0.488 e. The Balaban J connectivity index is 2.15. The van der Waals surface area contributed by atoms with Gasteiger partial charge in [0, 0.05) is 12.2 Å². The number of alkyl halides is 12. The fourth-order valence-corrected chi connectivity index (χ4v) is 2.91. The Morgan fingerprint density at radius 2 is 0.816 bits per heavy atom. The van der Waals surface area contributed by atoms with Crippen LogP contribution in [0.1, 0.15) is 12.8 Å². The average molecular weight is 578 g/mol. The lowest BCUT2D eigenvalue weighted by atomic mass is 10.1. The highest BCUT2D eigenvalue weighted by molar-refractivity contribution is 5.83. The molecule has 0 aliphatic heterocycles. The minimum atomic E-state index is -6.11. The van der Waals surface area contributed by atoms with Crippen molar-refractivity contribution in [3.63, 3.8) is 0 Å². The molecule has 0 saturated carbocycles. The summed E-state index contributed by atoms with van der Waals surface area (Å²) in [5.41, 5.74) is 0. The summed E-state index contributed by atoms with van der Waals surface area (Å²) in [5, 5.41) is 0. The van der Waals surface area contributed by atoms with Gasteiger partial charge in [-0.2, -0.15) is 52.7 Å². The largest absolute Gasteiger partial charge is 0.488 e. The number of ether oxygens (including phenoxy) is 4. The van der Waals surface area contributed by atoms with Gasteiger partial charge in [-0.05, 0) is 12.8 Å². The maximum absolute atomic E-state index is 13.9. The van der Waals surface area contributed by atoms with Crippen LogP contribution in [0.15, 0.2) is 48.3 Å². The zero-order valence-corrected chi connectivity index (χ0v) is 18.4. The second-order valence-electron chi connectivity index (χ2n) is 7.42. The van der Waals surface area contributed by atoms with Gasteiger partial charge < -0.3 is 18.9 Å². The van der Waals surface area contributed by atoms with E-state index in [-0.39, 0.29) is 12.2 Å². The molecule has 0 aromatic heterocycles. The predicted molar refractivity (Wildman–Crippen MR) is 97.5 cm³/mol. The number of esters is 2. The first kappa shape index (κ1) is 30.9. The number of hydrogen-bond donors (Lipinski definition) is 0. The number of carbonyl (C=O) groups excluding carboxylic acids is 2. The predicted octanol–water partition coefficient (Wildman–Crippen LogP) is 5.52. The van der Waals surface area contributed by atoms with Crippen LogP contribution in [0.5, 0.6) is 0 Å². The Morgan fingerprint density at radius 3 is 1.08 bits per heavy atom. The van der Waals surface area contributed by atoms with E-state index in [4.69, 9.17) is 0 Å². The first-order valence-electron chi connectivity index (χ1n) is 9.87. The molecule has 0 radical (unpaired) electrons. The van der Waals surface area contributed by atoms with Crippen LogP contribution in [0.25, 0.3) is 0 Å². The first-order chi connectivity index (χ1) is 17.2. The lowest BCUT2D eigenvalue weighted by Crippen LogP contribution is -2.49. The van der Waals surface area contributed by atoms with Crippen LogP contribution in [0.3, 0.4) is 0 Å². The number of hydrogen-bond acceptors (Lipinski definition) is 6. The molecule has 214 valence electrons. The van der Waals surface area contributed by atoms with Crippen LogP contribution in [0.4, 0.5) is 52.7 Å². The van der Waals surface area contributed by atoms with Crippen molar-refractivity contribution in [2.45, 2.75) is 48.4 Å². The Labute approximate surface area is 204 Å². The molecule has 0 unspecified atom stereocenters. The van der Waals surface area contributed by atoms with Gasteiger partial charge in [0.15, 0.2) is 0 Å². The van der Waals surface area contributed by atoms with Crippen molar-refractivity contribution in [1.29, 1.82) is 0 Å². The molecule has 0 heterocycles. The third-order valence-corrected chi connectivity index (χ3v) is 4.90. The van der Waals surface area contributed by atoms with Crippen LogP contribution in [0, 0.1) is 0 Å². The third kappa shape index (κ3) is 4.46. The van der Waals surface area contributed by atoms with E-state index in [0.29, 0.717) is 0 Å². The maximum atomic E-state index is 13.9. The highest BCUT2D eigenvalue weighted by Crippen LogP contribution is 2.61. The maximum Gasteiger partial charge on any atom is 0.387 e. The van der Waals surface area contributed by atoms with Crippen molar-refractivity contribution in [3.8, 4) is 0 Å². The van der Waals surface area contributed by atoms with Crippen LogP contribution in [0.2, 0.25) is 0 Å². The second kappa shape index (κ2) is 9.76. The van der Waals surface area contributed by atoms with E-state index in [1.807, 2.05) is 0 Å². The highest BCUT2D eigenvalue weighted by atomic mass is 19.4. The highest BCUT2D eigenvalue weighted by Gasteiger charge is 2.84. The van der Waals surface area contributed by atoms with E-state index < -0.39 is 96.6 Å². The van der Waals surface area contributed by atoms with Gasteiger partial charge in [0.25, 0.3) is 0 Å². The summed E-state index contributed by atoms with van der Waals surface area (Å²) < 4.78 is 182. The lowest BCUT2D eigenvalue weighted by Gasteiger charge is -2.24. The summed E-state index contributed by atoms with van der Waals surface area (Å²) in [6.45, 7) is 3.21. The van der Waals surface area contributed by atoms with Gasteiger partial charge in [0.1, 0.15) is 0 Å². The summed E-state index contributed by atoms with van der Waals surface area (Å²) in [7, 11) is 0. The molecule has 2 aliphatic carbocycles. The van der Waals surface area contributed by atoms with Crippen molar-refractivity contribution in [2.24, 2.45) is 0 Å². The molecule has 2 aliphatic rings. The van der Waals surface area contributed by atoms with Gasteiger partial charge in [-0.3, -0.25) is 0 Å². The Kier molecular flexibility index (Phi) is 7.93. The van der Waals surface area contributed by atoms with E-state index in [9.17, 15) is 62.3 Å². The molecule has 0 fully saturated rings. The molecule has 38 heavy (non-hydrogen) atoms. The average Bonchev–Trinajstić information content (AvgIpc) is 2.97. The molecule has 6 nitrogen and oxygen atoms in total. The second-order valence-corrected chi connectivity index (χ2v) is 7.42. The zero-order chi connectivity index (χ0) is 29.5. The molecule has 2 rings (SSSR count). The Hall–Kier alpha value is -3.34. The van der Waals surface area contributed by atoms with Gasteiger partial charge >= 0.3 is 47.5 Å². The zero-order valence-electron chi connectivity index (χ0n) is 18.4. The summed E-state index contributed by atoms with van der Waals surface area (Å²) in [4.78, 5) is 22.3. The first-order valence-corrected chi connectivity index (χ1v) is 9.87. The summed E-state index contributed by atoms with van der Waals surface area (Å²) in [6.07, 6.45) is -1.03. The van der Waals surface area contributed by atoms with Crippen LogP contribution < -0.4 is 0 Å². The Bertz CT molecular complexity index is 992. The quantitative estimate of drug-likeness (QED) is 0.139. The van der Waals surface area contributed by atoms with E-state index in [1.54, 1.807) is 0 Å². The topological polar surface area (TPSA) is 71.1 Å². The van der Waals surface area contributed by atoms with Crippen LogP contribution in [-0.4, -0.2) is 60.7 Å². The molecule has 18 heteroatoms. The van der Waals surface area contributed by atoms with Crippen LogP contribution in [-0.2, 0) is 28.5 Å². The van der Waals surface area contributed by atoms with Gasteiger partial charge in [-0.25, -0.2) is 9.59 Å². The molecule has 0 saturated heterocycles. The van der Waals surface area contributed by atoms with Gasteiger partial charge in [-0.15, -0.1) is 0 Å². The van der Waals surface area contributed by atoms with E-state index in [0.717, 1.165) is 0 Å². The van der Waals surface area contributed by atoms with Crippen molar-refractivity contribution in [3.05, 3.63) is 48.3 Å². The van der Waals surface area contributed by atoms with E-state index >= 15 is 0 Å². The lowest BCUT2D eigenvalue weighted by molar-refractivity contribution is -0.276. The van der Waals surface area contributed by atoms with Crippen molar-refractivity contribution in [1.82, 2.24) is 0 Å². The summed E-state index contributed by atoms with van der Waals surface area (Å²) >= 11 is 0. The number of rotatable bonds is 11. The van der Waals surface area contributed by atoms with Gasteiger partial charge in [-0.1, -0.05) is 13.2 Å². The smallest absolute Gasteiger partial charge is 0.387 e. The van der Waals surface area contributed by atoms with Gasteiger partial charge in [0.05, 0.1) is 13.2 Å². The standard InChI is InChI=1S/C20H14F12O6/c1-3-9(33)37-13-11(15(21,22)19(29,30)17(13,25)26)35-7-5-6-8-36-12-14(38-10(34)4-2)18(27,28)20(31,32)16(12,23)24/h3-4H,1-2,5-8H2. The van der Waals surface area contributed by atoms with Crippen molar-refractivity contribution in [2.75, 3.05) is 13.2 Å². The van der Waals surface area contributed by atoms with Gasteiger partial charge in [0.2, 0.25) is 23.0 Å². The number of unbranched alkanes of at least 4 members (excludes halogenated alkanes) is 1. The molecule has 0 N–H and O–H groups in total. The van der Waals surface area contributed by atoms with Crippen molar-refractivity contribution < 1.29 is 81.2 Å². The third-order valence-electron chi connectivity index (χ3n) is 4.90. The number of carbonyl (C=O) groups is 2. The molecule has 0 atom stereocenters. The van der Waals surface area contributed by atoms with Crippen LogP contribution >= 0.6 is 0 Å². The molecule has 0 aromatic carbocycles. The molecular weight excluding hydrogens is 564 g/mol. The summed E-state index contributed by atoms with van der Waals surface area (Å²) in [5.74, 6) is -48.6. The van der Waals surface area contributed by atoms with E-state index in [1.165, 1.54) is 0 Å². The minimum absolute atomic E-state index is 0.188. The van der Waals surface area contributed by atoms with E-state index in [2.05, 4.69) is 32.1 Å². The SMILES string of the molecule is C=CC(=O)OC1=C(OCCCCOC2=C(OC(=O)C=C)C(F)(F)C(F)(F)C2(F)F)C(F)(F)C(F)(F)C1(F)F. The molecule has 0 spiro atoms. The fraction of sp³-hybridized carbons (Fsp3) is 0.500.